The van der Waals surface area contributed by atoms with Crippen molar-refractivity contribution in [3.05, 3.63) is 53.9 Å². The second kappa shape index (κ2) is 6.30. The lowest BCUT2D eigenvalue weighted by Crippen LogP contribution is -2.56. The lowest BCUT2D eigenvalue weighted by molar-refractivity contribution is -0.0160. The van der Waals surface area contributed by atoms with Crippen LogP contribution in [0.1, 0.15) is 24.7 Å². The van der Waals surface area contributed by atoms with E-state index in [4.69, 9.17) is 4.74 Å². The summed E-state index contributed by atoms with van der Waals surface area (Å²) < 4.78 is 21.5. The van der Waals surface area contributed by atoms with Crippen molar-refractivity contribution in [2.24, 2.45) is 5.41 Å². The average Bonchev–Trinajstić information content (AvgIpc) is 3.14. The molecular formula is C19H24FN3O. The number of benzene rings is 1. The van der Waals surface area contributed by atoms with E-state index in [9.17, 15) is 4.39 Å². The van der Waals surface area contributed by atoms with Crippen LogP contribution in [0.5, 0.6) is 0 Å². The van der Waals surface area contributed by atoms with Gasteiger partial charge in [0.2, 0.25) is 0 Å². The maximum Gasteiger partial charge on any atom is 0.123 e. The molecule has 1 spiro atoms. The molecule has 0 amide bonds. The molecule has 2 aliphatic rings. The van der Waals surface area contributed by atoms with Crippen molar-refractivity contribution in [3.63, 3.8) is 0 Å². The minimum Gasteiger partial charge on any atom is -0.377 e. The van der Waals surface area contributed by atoms with Crippen molar-refractivity contribution in [1.82, 2.24) is 14.5 Å². The van der Waals surface area contributed by atoms with Crippen molar-refractivity contribution >= 4 is 0 Å². The predicted molar refractivity (Wildman–Crippen MR) is 90.1 cm³/mol. The zero-order chi connectivity index (χ0) is 16.6. The number of nitrogens with zero attached hydrogens (tertiary/aromatic N) is 3. The van der Waals surface area contributed by atoms with Crippen molar-refractivity contribution in [2.75, 3.05) is 19.7 Å². The van der Waals surface area contributed by atoms with Gasteiger partial charge in [-0.15, -0.1) is 0 Å². The molecule has 0 saturated carbocycles. The van der Waals surface area contributed by atoms with Crippen LogP contribution in [0.2, 0.25) is 0 Å². The van der Waals surface area contributed by atoms with E-state index < -0.39 is 0 Å². The molecule has 1 atom stereocenters. The summed E-state index contributed by atoms with van der Waals surface area (Å²) in [6.07, 6.45) is 6.01. The number of likely N-dealkylation sites (tertiary alicyclic amines) is 1. The highest BCUT2D eigenvalue weighted by atomic mass is 19.1. The van der Waals surface area contributed by atoms with Crippen LogP contribution in [0, 0.1) is 11.2 Å². The van der Waals surface area contributed by atoms with Gasteiger partial charge in [0.25, 0.3) is 0 Å². The Morgan fingerprint density at radius 2 is 2.25 bits per heavy atom. The number of ether oxygens (including phenoxy) is 1. The van der Waals surface area contributed by atoms with Gasteiger partial charge in [-0.3, -0.25) is 4.90 Å². The van der Waals surface area contributed by atoms with Gasteiger partial charge in [0.15, 0.2) is 0 Å². The molecule has 0 radical (unpaired) electrons. The molecule has 4 rings (SSSR count). The summed E-state index contributed by atoms with van der Waals surface area (Å²) in [5.41, 5.74) is 1.32. The lowest BCUT2D eigenvalue weighted by atomic mass is 9.77. The molecule has 0 N–H and O–H groups in total. The van der Waals surface area contributed by atoms with Gasteiger partial charge < -0.3 is 9.30 Å². The van der Waals surface area contributed by atoms with Gasteiger partial charge in [-0.05, 0) is 37.5 Å². The molecule has 0 bridgehead atoms. The summed E-state index contributed by atoms with van der Waals surface area (Å²) in [4.78, 5) is 6.90. The van der Waals surface area contributed by atoms with Gasteiger partial charge >= 0.3 is 0 Å². The first-order chi connectivity index (χ1) is 11.7. The van der Waals surface area contributed by atoms with Gasteiger partial charge in [-0.2, -0.15) is 0 Å². The van der Waals surface area contributed by atoms with E-state index in [1.807, 2.05) is 18.5 Å². The van der Waals surface area contributed by atoms with Crippen molar-refractivity contribution in [1.29, 1.82) is 0 Å². The number of hydrogen-bond acceptors (Lipinski definition) is 3. The Hall–Kier alpha value is -1.72. The van der Waals surface area contributed by atoms with E-state index in [-0.39, 0.29) is 11.9 Å². The van der Waals surface area contributed by atoms with E-state index in [2.05, 4.69) is 21.4 Å². The molecule has 1 aromatic carbocycles. The van der Waals surface area contributed by atoms with Crippen molar-refractivity contribution in [2.45, 2.75) is 39.0 Å². The minimum absolute atomic E-state index is 0.165. The van der Waals surface area contributed by atoms with E-state index in [1.165, 1.54) is 6.07 Å². The first-order valence-corrected chi connectivity index (χ1v) is 8.74. The maximum atomic E-state index is 13.3. The molecule has 24 heavy (non-hydrogen) atoms. The first-order valence-electron chi connectivity index (χ1n) is 8.74. The highest BCUT2D eigenvalue weighted by Gasteiger charge is 2.48. The van der Waals surface area contributed by atoms with Gasteiger partial charge in [0, 0.05) is 37.4 Å². The molecule has 1 aromatic heterocycles. The Balaban J connectivity index is 1.30. The number of aryl methyl sites for hydroxylation is 1. The van der Waals surface area contributed by atoms with Crippen LogP contribution < -0.4 is 0 Å². The van der Waals surface area contributed by atoms with E-state index in [1.54, 1.807) is 12.1 Å². The molecule has 2 saturated heterocycles. The van der Waals surface area contributed by atoms with Crippen LogP contribution >= 0.6 is 0 Å². The van der Waals surface area contributed by atoms with E-state index in [0.717, 1.165) is 57.0 Å². The van der Waals surface area contributed by atoms with Crippen LogP contribution in [0.3, 0.4) is 0 Å². The maximum absolute atomic E-state index is 13.3. The van der Waals surface area contributed by atoms with Gasteiger partial charge in [0.1, 0.15) is 11.6 Å². The number of imidazole rings is 1. The Kier molecular flexibility index (Phi) is 4.14. The fourth-order valence-electron chi connectivity index (χ4n) is 4.17. The van der Waals surface area contributed by atoms with Gasteiger partial charge in [-0.1, -0.05) is 12.1 Å². The molecular weight excluding hydrogens is 305 g/mol. The zero-order valence-corrected chi connectivity index (χ0v) is 14.1. The topological polar surface area (TPSA) is 30.3 Å². The fourth-order valence-corrected chi connectivity index (χ4v) is 4.17. The summed E-state index contributed by atoms with van der Waals surface area (Å²) in [7, 11) is 0. The number of rotatable bonds is 5. The van der Waals surface area contributed by atoms with Crippen LogP contribution in [0.25, 0.3) is 0 Å². The van der Waals surface area contributed by atoms with Crippen LogP contribution in [-0.4, -0.2) is 40.3 Å². The molecule has 2 fully saturated rings. The summed E-state index contributed by atoms with van der Waals surface area (Å²) in [6.45, 7) is 6.99. The number of aromatic nitrogens is 2. The summed E-state index contributed by atoms with van der Waals surface area (Å²) in [5.74, 6) is 0.976. The third kappa shape index (κ3) is 3.10. The predicted octanol–water partition coefficient (Wildman–Crippen LogP) is 2.88. The Labute approximate surface area is 142 Å². The number of hydrogen-bond donors (Lipinski definition) is 0. The van der Waals surface area contributed by atoms with Crippen molar-refractivity contribution in [3.8, 4) is 0 Å². The first kappa shape index (κ1) is 15.8. The van der Waals surface area contributed by atoms with E-state index >= 15 is 0 Å². The largest absolute Gasteiger partial charge is 0.377 e. The van der Waals surface area contributed by atoms with Crippen molar-refractivity contribution < 1.29 is 9.13 Å². The number of halogens is 1. The molecule has 128 valence electrons. The second-order valence-electron chi connectivity index (χ2n) is 7.25. The molecule has 3 heterocycles. The van der Waals surface area contributed by atoms with Crippen LogP contribution in [0.4, 0.5) is 4.39 Å². The molecule has 0 aliphatic carbocycles. The second-order valence-corrected chi connectivity index (χ2v) is 7.25. The zero-order valence-electron chi connectivity index (χ0n) is 14.1. The molecule has 5 heteroatoms. The third-order valence-corrected chi connectivity index (χ3v) is 5.26. The Bertz CT molecular complexity index is 708. The smallest absolute Gasteiger partial charge is 0.123 e. The highest BCUT2D eigenvalue weighted by Crippen LogP contribution is 2.42. The van der Waals surface area contributed by atoms with Crippen LogP contribution in [0.15, 0.2) is 36.7 Å². The van der Waals surface area contributed by atoms with Gasteiger partial charge in [-0.25, -0.2) is 9.37 Å². The summed E-state index contributed by atoms with van der Waals surface area (Å²) >= 11 is 0. The summed E-state index contributed by atoms with van der Waals surface area (Å²) in [5, 5.41) is 0. The molecule has 2 aromatic rings. The Morgan fingerprint density at radius 3 is 3.04 bits per heavy atom. The standard InChI is InChI=1S/C19H24FN3O/c1-2-23-7-6-21-18(23)11-22-12-19(13-22)10-17(24-14-19)9-15-4-3-5-16(20)8-15/h3-8,17H,2,9-14H2,1H3/t17-/m1/s1. The lowest BCUT2D eigenvalue weighted by Gasteiger charge is -2.47. The minimum atomic E-state index is -0.165. The molecule has 0 unspecified atom stereocenters. The van der Waals surface area contributed by atoms with Crippen LogP contribution in [-0.2, 0) is 24.2 Å². The Morgan fingerprint density at radius 1 is 1.38 bits per heavy atom. The quantitative estimate of drug-likeness (QED) is 0.845. The summed E-state index contributed by atoms with van der Waals surface area (Å²) in [6, 6.07) is 6.86. The monoisotopic (exact) mass is 329 g/mol. The van der Waals surface area contributed by atoms with E-state index in [0.29, 0.717) is 5.41 Å². The molecule has 2 aliphatic heterocycles. The highest BCUT2D eigenvalue weighted by molar-refractivity contribution is 5.18. The molecule has 4 nitrogen and oxygen atoms in total. The average molecular weight is 329 g/mol. The normalized spacial score (nSPS) is 22.8. The fraction of sp³-hybridized carbons (Fsp3) is 0.526. The SMILES string of the molecule is CCn1ccnc1CN1CC2(CO[C@H](Cc3cccc(F)c3)C2)C1. The van der Waals surface area contributed by atoms with Gasteiger partial charge in [0.05, 0.1) is 19.3 Å². The third-order valence-electron chi connectivity index (χ3n) is 5.26.